The predicted molar refractivity (Wildman–Crippen MR) is 89.1 cm³/mol. The van der Waals surface area contributed by atoms with Crippen molar-refractivity contribution in [3.8, 4) is 22.6 Å². The molecule has 0 unspecified atom stereocenters. The molecule has 0 atom stereocenters. The summed E-state index contributed by atoms with van der Waals surface area (Å²) in [5, 5.41) is 9.18. The Kier molecular flexibility index (Phi) is 4.19. The van der Waals surface area contributed by atoms with Gasteiger partial charge in [0.05, 0.1) is 16.1 Å². The van der Waals surface area contributed by atoms with Gasteiger partial charge in [-0.1, -0.05) is 29.8 Å². The van der Waals surface area contributed by atoms with Gasteiger partial charge in [0.15, 0.2) is 0 Å². The third kappa shape index (κ3) is 3.00. The minimum Gasteiger partial charge on any atom is -0.478 e. The second-order valence-electron chi connectivity index (χ2n) is 4.73. The molecule has 0 amide bonds. The number of hydrogen-bond acceptors (Lipinski definition) is 2. The fourth-order valence-electron chi connectivity index (χ4n) is 2.16. The molecular weight excluding hydrogens is 387 g/mol. The molecule has 1 aromatic heterocycles. The van der Waals surface area contributed by atoms with Crippen molar-refractivity contribution in [1.82, 2.24) is 9.97 Å². The molecule has 0 saturated heterocycles. The molecule has 7 heteroatoms. The fourth-order valence-corrected chi connectivity index (χ4v) is 2.91. The van der Waals surface area contributed by atoms with E-state index in [1.54, 1.807) is 18.2 Å². The zero-order valence-corrected chi connectivity index (χ0v) is 13.8. The number of imidazole rings is 1. The van der Waals surface area contributed by atoms with Crippen LogP contribution in [0.1, 0.15) is 10.4 Å². The number of H-pyrrole nitrogens is 1. The Labute approximate surface area is 144 Å². The average Bonchev–Trinajstić information content (AvgIpc) is 2.89. The van der Waals surface area contributed by atoms with Crippen LogP contribution in [0.3, 0.4) is 0 Å². The molecule has 2 N–H and O–H groups in total. The summed E-state index contributed by atoms with van der Waals surface area (Å²) in [4.78, 5) is 18.2. The number of carboxylic acid groups (broad SMARTS) is 1. The standard InChI is InChI=1S/C16H9BrClFN2O2/c17-14-13(8-4-6-9(7-5-8)16(22)23)20-15(21-14)12-10(18)2-1-3-11(12)19/h1-7H,(H,20,21)(H,22,23). The van der Waals surface area contributed by atoms with Gasteiger partial charge in [0, 0.05) is 5.56 Å². The number of nitrogens with one attached hydrogen (secondary N) is 1. The Morgan fingerprint density at radius 2 is 1.91 bits per heavy atom. The Balaban J connectivity index is 2.06. The van der Waals surface area contributed by atoms with Crippen LogP contribution in [0.15, 0.2) is 47.1 Å². The predicted octanol–water partition coefficient (Wildman–Crippen LogP) is 5.00. The first kappa shape index (κ1) is 15.7. The lowest BCUT2D eigenvalue weighted by atomic mass is 10.1. The number of carboxylic acids is 1. The van der Waals surface area contributed by atoms with E-state index in [9.17, 15) is 9.18 Å². The van der Waals surface area contributed by atoms with Crippen molar-refractivity contribution in [2.75, 3.05) is 0 Å². The van der Waals surface area contributed by atoms with Gasteiger partial charge in [-0.15, -0.1) is 0 Å². The fraction of sp³-hybridized carbons (Fsp3) is 0. The number of hydrogen-bond donors (Lipinski definition) is 2. The largest absolute Gasteiger partial charge is 0.478 e. The van der Waals surface area contributed by atoms with Crippen LogP contribution in [-0.2, 0) is 0 Å². The summed E-state index contributed by atoms with van der Waals surface area (Å²) in [5.41, 5.74) is 1.59. The molecule has 0 saturated carbocycles. The number of aromatic carboxylic acids is 1. The van der Waals surface area contributed by atoms with Crippen LogP contribution in [-0.4, -0.2) is 21.0 Å². The van der Waals surface area contributed by atoms with E-state index in [2.05, 4.69) is 25.9 Å². The number of aromatic nitrogens is 2. The summed E-state index contributed by atoms with van der Waals surface area (Å²) < 4.78 is 14.5. The first-order valence-corrected chi connectivity index (χ1v) is 7.68. The quantitative estimate of drug-likeness (QED) is 0.656. The molecule has 2 aromatic carbocycles. The summed E-state index contributed by atoms with van der Waals surface area (Å²) >= 11 is 9.39. The maximum absolute atomic E-state index is 14.0. The maximum Gasteiger partial charge on any atom is 0.335 e. The van der Waals surface area contributed by atoms with E-state index < -0.39 is 11.8 Å². The monoisotopic (exact) mass is 394 g/mol. The van der Waals surface area contributed by atoms with E-state index in [4.69, 9.17) is 16.7 Å². The van der Waals surface area contributed by atoms with Gasteiger partial charge in [0.2, 0.25) is 0 Å². The molecule has 1 heterocycles. The van der Waals surface area contributed by atoms with E-state index in [0.29, 0.717) is 15.9 Å². The van der Waals surface area contributed by atoms with Gasteiger partial charge in [-0.25, -0.2) is 14.2 Å². The maximum atomic E-state index is 14.0. The normalized spacial score (nSPS) is 10.7. The molecule has 0 fully saturated rings. The van der Waals surface area contributed by atoms with Crippen molar-refractivity contribution in [3.63, 3.8) is 0 Å². The molecule has 0 bridgehead atoms. The number of benzene rings is 2. The number of halogens is 3. The summed E-state index contributed by atoms with van der Waals surface area (Å²) in [7, 11) is 0. The zero-order valence-electron chi connectivity index (χ0n) is 11.5. The highest BCUT2D eigenvalue weighted by atomic mass is 79.9. The minimum absolute atomic E-state index is 0.178. The highest BCUT2D eigenvalue weighted by molar-refractivity contribution is 9.10. The van der Waals surface area contributed by atoms with Crippen molar-refractivity contribution in [2.24, 2.45) is 0 Å². The topological polar surface area (TPSA) is 66.0 Å². The van der Waals surface area contributed by atoms with Gasteiger partial charge < -0.3 is 10.1 Å². The average molecular weight is 396 g/mol. The first-order chi connectivity index (χ1) is 11.0. The number of carbonyl (C=O) groups is 1. The minimum atomic E-state index is -1.00. The van der Waals surface area contributed by atoms with Gasteiger partial charge in [-0.3, -0.25) is 0 Å². The molecule has 3 rings (SSSR count). The van der Waals surface area contributed by atoms with E-state index in [-0.39, 0.29) is 22.0 Å². The Morgan fingerprint density at radius 1 is 1.22 bits per heavy atom. The van der Waals surface area contributed by atoms with E-state index in [1.807, 2.05) is 0 Å². The van der Waals surface area contributed by atoms with Crippen LogP contribution in [0, 0.1) is 5.82 Å². The molecule has 0 aliphatic carbocycles. The third-order valence-electron chi connectivity index (χ3n) is 3.26. The molecule has 0 aliphatic heterocycles. The molecule has 3 aromatic rings. The second-order valence-corrected chi connectivity index (χ2v) is 5.93. The summed E-state index contributed by atoms with van der Waals surface area (Å²) in [5.74, 6) is -1.19. The molecule has 4 nitrogen and oxygen atoms in total. The van der Waals surface area contributed by atoms with Crippen molar-refractivity contribution in [2.45, 2.75) is 0 Å². The van der Waals surface area contributed by atoms with Gasteiger partial charge in [0.25, 0.3) is 0 Å². The van der Waals surface area contributed by atoms with Crippen LogP contribution < -0.4 is 0 Å². The smallest absolute Gasteiger partial charge is 0.335 e. The second kappa shape index (κ2) is 6.14. The van der Waals surface area contributed by atoms with Crippen LogP contribution in [0.2, 0.25) is 5.02 Å². The van der Waals surface area contributed by atoms with Crippen molar-refractivity contribution < 1.29 is 14.3 Å². The van der Waals surface area contributed by atoms with E-state index in [0.717, 1.165) is 0 Å². The third-order valence-corrected chi connectivity index (χ3v) is 4.15. The van der Waals surface area contributed by atoms with Crippen molar-refractivity contribution in [1.29, 1.82) is 0 Å². The molecule has 116 valence electrons. The van der Waals surface area contributed by atoms with Crippen LogP contribution in [0.5, 0.6) is 0 Å². The van der Waals surface area contributed by atoms with Gasteiger partial charge in [-0.05, 0) is 40.2 Å². The van der Waals surface area contributed by atoms with E-state index >= 15 is 0 Å². The lowest BCUT2D eigenvalue weighted by Gasteiger charge is -2.01. The molecular formula is C16H9BrClFN2O2. The molecule has 0 radical (unpaired) electrons. The number of nitrogens with zero attached hydrogens (tertiary/aromatic N) is 1. The van der Waals surface area contributed by atoms with Crippen LogP contribution in [0.4, 0.5) is 4.39 Å². The summed E-state index contributed by atoms with van der Waals surface area (Å²) in [6, 6.07) is 10.6. The molecule has 0 aliphatic rings. The van der Waals surface area contributed by atoms with Crippen LogP contribution >= 0.6 is 27.5 Å². The molecule has 23 heavy (non-hydrogen) atoms. The lowest BCUT2D eigenvalue weighted by Crippen LogP contribution is -1.95. The summed E-state index contributed by atoms with van der Waals surface area (Å²) in [6.07, 6.45) is 0. The van der Waals surface area contributed by atoms with Gasteiger partial charge in [-0.2, -0.15) is 0 Å². The number of aromatic amines is 1. The Hall–Kier alpha value is -2.18. The highest BCUT2D eigenvalue weighted by Gasteiger charge is 2.17. The van der Waals surface area contributed by atoms with Crippen LogP contribution in [0.25, 0.3) is 22.6 Å². The highest BCUT2D eigenvalue weighted by Crippen LogP contribution is 2.34. The lowest BCUT2D eigenvalue weighted by molar-refractivity contribution is 0.0697. The van der Waals surface area contributed by atoms with Crippen molar-refractivity contribution in [3.05, 3.63) is 63.5 Å². The van der Waals surface area contributed by atoms with Gasteiger partial charge >= 0.3 is 5.97 Å². The van der Waals surface area contributed by atoms with E-state index in [1.165, 1.54) is 24.3 Å². The zero-order chi connectivity index (χ0) is 16.6. The number of rotatable bonds is 3. The van der Waals surface area contributed by atoms with Crippen molar-refractivity contribution >= 4 is 33.5 Å². The summed E-state index contributed by atoms with van der Waals surface area (Å²) in [6.45, 7) is 0. The Morgan fingerprint density at radius 3 is 2.52 bits per heavy atom. The SMILES string of the molecule is O=C(O)c1ccc(-c2nc(-c3c(F)cccc3Cl)[nH]c2Br)cc1. The molecule has 0 spiro atoms. The Bertz CT molecular complexity index is 873. The first-order valence-electron chi connectivity index (χ1n) is 6.51. The van der Waals surface area contributed by atoms with Gasteiger partial charge in [0.1, 0.15) is 21.9 Å².